The highest BCUT2D eigenvalue weighted by Gasteiger charge is 2.29. The maximum absolute atomic E-state index is 11.5. The molecule has 1 saturated heterocycles. The smallest absolute Gasteiger partial charge is 0.220 e. The number of carbonyl (C=O) groups is 1. The van der Waals surface area contributed by atoms with Crippen LogP contribution >= 0.6 is 0 Å². The third-order valence-corrected chi connectivity index (χ3v) is 5.86. The lowest BCUT2D eigenvalue weighted by Crippen LogP contribution is -2.39. The van der Waals surface area contributed by atoms with E-state index in [2.05, 4.69) is 41.3 Å². The fourth-order valence-electron chi connectivity index (χ4n) is 4.40. The molecule has 4 rings (SSSR count). The van der Waals surface area contributed by atoms with Gasteiger partial charge in [0.05, 0.1) is 6.10 Å². The predicted molar refractivity (Wildman–Crippen MR) is 104 cm³/mol. The summed E-state index contributed by atoms with van der Waals surface area (Å²) in [4.78, 5) is 13.9. The van der Waals surface area contributed by atoms with Gasteiger partial charge in [0, 0.05) is 36.7 Å². The summed E-state index contributed by atoms with van der Waals surface area (Å²) >= 11 is 0. The molecule has 0 aromatic heterocycles. The van der Waals surface area contributed by atoms with Crippen LogP contribution in [0.2, 0.25) is 0 Å². The normalized spacial score (nSPS) is 20.7. The first kappa shape index (κ1) is 17.1. The first-order valence-electron chi connectivity index (χ1n) is 9.56. The van der Waals surface area contributed by atoms with Gasteiger partial charge in [-0.2, -0.15) is 0 Å². The third kappa shape index (κ3) is 3.21. The van der Waals surface area contributed by atoms with Gasteiger partial charge in [0.25, 0.3) is 0 Å². The Morgan fingerprint density at radius 2 is 1.77 bits per heavy atom. The van der Waals surface area contributed by atoms with Crippen LogP contribution in [-0.2, 0) is 17.6 Å². The minimum atomic E-state index is -0.268. The summed E-state index contributed by atoms with van der Waals surface area (Å²) in [6.45, 7) is 1.67. The van der Waals surface area contributed by atoms with Gasteiger partial charge in [-0.1, -0.05) is 42.5 Å². The number of amides is 1. The third-order valence-electron chi connectivity index (χ3n) is 5.86. The number of nitrogens with zero attached hydrogens (tertiary/aromatic N) is 1. The van der Waals surface area contributed by atoms with E-state index in [1.165, 1.54) is 27.9 Å². The van der Waals surface area contributed by atoms with Crippen molar-refractivity contribution in [2.24, 2.45) is 11.7 Å². The van der Waals surface area contributed by atoms with Crippen LogP contribution in [0.15, 0.2) is 42.5 Å². The monoisotopic (exact) mass is 350 g/mol. The van der Waals surface area contributed by atoms with Gasteiger partial charge in [-0.15, -0.1) is 0 Å². The summed E-state index contributed by atoms with van der Waals surface area (Å²) in [6, 6.07) is 14.9. The molecule has 0 bridgehead atoms. The number of piperidine rings is 1. The maximum atomic E-state index is 11.5. The van der Waals surface area contributed by atoms with Gasteiger partial charge >= 0.3 is 0 Å². The van der Waals surface area contributed by atoms with Crippen LogP contribution in [0, 0.1) is 5.92 Å². The highest BCUT2D eigenvalue weighted by atomic mass is 16.3. The summed E-state index contributed by atoms with van der Waals surface area (Å²) in [6.07, 6.45) is 3.81. The molecule has 0 spiro atoms. The lowest BCUT2D eigenvalue weighted by molar-refractivity contribution is -0.122. The molecule has 2 aliphatic rings. The summed E-state index contributed by atoms with van der Waals surface area (Å²) in [5.74, 6) is -0.199. The summed E-state index contributed by atoms with van der Waals surface area (Å²) in [5.41, 5.74) is 11.8. The minimum absolute atomic E-state index is 0.0171. The molecule has 2 aromatic rings. The second-order valence-electron chi connectivity index (χ2n) is 7.53. The van der Waals surface area contributed by atoms with E-state index in [0.29, 0.717) is 6.42 Å². The number of aryl methyl sites for hydroxylation is 1. The van der Waals surface area contributed by atoms with Crippen LogP contribution in [0.25, 0.3) is 11.1 Å². The van der Waals surface area contributed by atoms with Crippen molar-refractivity contribution in [3.8, 4) is 11.1 Å². The average Bonchev–Trinajstić information content (AvgIpc) is 2.67. The van der Waals surface area contributed by atoms with E-state index in [4.69, 9.17) is 5.73 Å². The number of aliphatic hydroxyl groups excluding tert-OH is 1. The van der Waals surface area contributed by atoms with Crippen molar-refractivity contribution < 1.29 is 9.90 Å². The zero-order chi connectivity index (χ0) is 18.1. The van der Waals surface area contributed by atoms with Crippen molar-refractivity contribution >= 4 is 11.6 Å². The van der Waals surface area contributed by atoms with Gasteiger partial charge in [0.15, 0.2) is 0 Å². The second-order valence-corrected chi connectivity index (χ2v) is 7.53. The van der Waals surface area contributed by atoms with Crippen LogP contribution in [-0.4, -0.2) is 30.2 Å². The molecule has 0 unspecified atom stereocenters. The first-order valence-corrected chi connectivity index (χ1v) is 9.56. The zero-order valence-corrected chi connectivity index (χ0v) is 15.0. The number of rotatable bonds is 3. The lowest BCUT2D eigenvalue weighted by Gasteiger charge is -2.37. The number of aliphatic hydroxyl groups is 1. The molecule has 1 atom stereocenters. The Morgan fingerprint density at radius 1 is 1.04 bits per heavy atom. The highest BCUT2D eigenvalue weighted by molar-refractivity contribution is 5.83. The number of fused-ring (bicyclic) bond motifs is 1. The molecule has 3 N–H and O–H groups in total. The molecule has 1 fully saturated rings. The van der Waals surface area contributed by atoms with Gasteiger partial charge in [-0.05, 0) is 42.4 Å². The molecule has 1 amide bonds. The number of hydrogen-bond donors (Lipinski definition) is 2. The van der Waals surface area contributed by atoms with Crippen LogP contribution in [0.1, 0.15) is 30.4 Å². The van der Waals surface area contributed by atoms with Gasteiger partial charge in [-0.25, -0.2) is 0 Å². The number of nitrogens with two attached hydrogens (primary N) is 1. The van der Waals surface area contributed by atoms with E-state index in [9.17, 15) is 9.90 Å². The number of carbonyl (C=O) groups excluding carboxylic acids is 1. The molecule has 0 saturated carbocycles. The average molecular weight is 350 g/mol. The molecule has 1 heterocycles. The lowest BCUT2D eigenvalue weighted by atomic mass is 9.84. The van der Waals surface area contributed by atoms with Gasteiger partial charge in [-0.3, -0.25) is 4.79 Å². The molecule has 136 valence electrons. The largest absolute Gasteiger partial charge is 0.393 e. The Labute approximate surface area is 154 Å². The van der Waals surface area contributed by atoms with Crippen molar-refractivity contribution in [3.63, 3.8) is 0 Å². The van der Waals surface area contributed by atoms with Crippen LogP contribution in [0.3, 0.4) is 0 Å². The summed E-state index contributed by atoms with van der Waals surface area (Å²) < 4.78 is 0. The van der Waals surface area contributed by atoms with E-state index < -0.39 is 0 Å². The molecule has 4 nitrogen and oxygen atoms in total. The Hall–Kier alpha value is -2.33. The second kappa shape index (κ2) is 7.12. The maximum Gasteiger partial charge on any atom is 0.220 e. The standard InChI is InChI=1S/C22H26N2O2/c23-22(26)17-10-12-24(13-11-17)21-19(15-4-2-1-3-5-15)9-7-16-6-8-18(25)14-20(16)21/h1-5,7,9,17-18,25H,6,8,10-14H2,(H2,23,26)/t18-/m1/s1. The first-order chi connectivity index (χ1) is 12.6. The van der Waals surface area contributed by atoms with Crippen LogP contribution < -0.4 is 10.6 Å². The summed E-state index contributed by atoms with van der Waals surface area (Å²) in [7, 11) is 0. The highest BCUT2D eigenvalue weighted by Crippen LogP contribution is 2.40. The molecule has 1 aliphatic carbocycles. The number of hydrogen-bond acceptors (Lipinski definition) is 3. The van der Waals surface area contributed by atoms with E-state index in [1.807, 2.05) is 6.07 Å². The quantitative estimate of drug-likeness (QED) is 0.894. The van der Waals surface area contributed by atoms with E-state index in [0.717, 1.165) is 38.8 Å². The van der Waals surface area contributed by atoms with Crippen molar-refractivity contribution in [2.75, 3.05) is 18.0 Å². The minimum Gasteiger partial charge on any atom is -0.393 e. The van der Waals surface area contributed by atoms with Crippen molar-refractivity contribution in [2.45, 2.75) is 38.2 Å². The zero-order valence-electron chi connectivity index (χ0n) is 15.0. The van der Waals surface area contributed by atoms with Crippen molar-refractivity contribution in [1.29, 1.82) is 0 Å². The summed E-state index contributed by atoms with van der Waals surface area (Å²) in [5, 5.41) is 10.3. The van der Waals surface area contributed by atoms with Crippen molar-refractivity contribution in [1.82, 2.24) is 0 Å². The predicted octanol–water partition coefficient (Wildman–Crippen LogP) is 2.90. The molecule has 1 aliphatic heterocycles. The molecule has 4 heteroatoms. The van der Waals surface area contributed by atoms with E-state index in [-0.39, 0.29) is 17.9 Å². The topological polar surface area (TPSA) is 66.6 Å². The Morgan fingerprint density at radius 3 is 2.46 bits per heavy atom. The van der Waals surface area contributed by atoms with Gasteiger partial charge in [0.2, 0.25) is 5.91 Å². The fourth-order valence-corrected chi connectivity index (χ4v) is 4.40. The van der Waals surface area contributed by atoms with Crippen LogP contribution in [0.4, 0.5) is 5.69 Å². The Balaban J connectivity index is 1.77. The Kier molecular flexibility index (Phi) is 4.68. The molecular weight excluding hydrogens is 324 g/mol. The van der Waals surface area contributed by atoms with E-state index in [1.54, 1.807) is 0 Å². The number of benzene rings is 2. The van der Waals surface area contributed by atoms with E-state index >= 15 is 0 Å². The molecule has 26 heavy (non-hydrogen) atoms. The fraction of sp³-hybridized carbons (Fsp3) is 0.409. The SMILES string of the molecule is NC(=O)C1CCN(c2c(-c3ccccc3)ccc3c2C[C@H](O)CC3)CC1. The van der Waals surface area contributed by atoms with Gasteiger partial charge < -0.3 is 15.7 Å². The number of anilines is 1. The van der Waals surface area contributed by atoms with Crippen molar-refractivity contribution in [3.05, 3.63) is 53.6 Å². The number of primary amides is 1. The Bertz CT molecular complexity index is 795. The molecular formula is C22H26N2O2. The van der Waals surface area contributed by atoms with Gasteiger partial charge in [0.1, 0.15) is 0 Å². The molecule has 0 radical (unpaired) electrons. The molecule has 2 aromatic carbocycles. The van der Waals surface area contributed by atoms with Crippen LogP contribution in [0.5, 0.6) is 0 Å².